The molecule has 0 bridgehead atoms. The Balaban J connectivity index is 1.88. The molecule has 0 spiro atoms. The highest BCUT2D eigenvalue weighted by Gasteiger charge is 2.33. The Bertz CT molecular complexity index is 947. The number of halogens is 4. The molecule has 2 amide bonds. The molecule has 2 rings (SSSR count). The molecule has 2 aromatic rings. The van der Waals surface area contributed by atoms with Gasteiger partial charge in [0.2, 0.25) is 11.8 Å². The number of carbonyl (C=O) groups excluding carboxylic acids is 3. The third kappa shape index (κ3) is 6.85. The summed E-state index contributed by atoms with van der Waals surface area (Å²) in [6.45, 7) is 1.08. The molecule has 0 unspecified atom stereocenters. The van der Waals surface area contributed by atoms with E-state index in [4.69, 9.17) is 11.6 Å². The van der Waals surface area contributed by atoms with Gasteiger partial charge in [-0.15, -0.1) is 0 Å². The summed E-state index contributed by atoms with van der Waals surface area (Å²) in [5.74, 6) is -1.08. The minimum absolute atomic E-state index is 0.0554. The van der Waals surface area contributed by atoms with Crippen LogP contribution in [-0.4, -0.2) is 42.6 Å². The molecule has 0 heterocycles. The minimum Gasteiger partial charge on any atom is -0.325 e. The average Bonchev–Trinajstić information content (AvgIpc) is 2.62. The molecule has 160 valence electrons. The molecule has 0 aromatic heterocycles. The number of rotatable bonds is 7. The summed E-state index contributed by atoms with van der Waals surface area (Å²) in [6.07, 6.45) is -4.64. The fourth-order valence-corrected chi connectivity index (χ4v) is 2.78. The molecule has 0 fully saturated rings. The van der Waals surface area contributed by atoms with Crippen molar-refractivity contribution in [2.24, 2.45) is 0 Å². The third-order valence-electron chi connectivity index (χ3n) is 3.96. The molecule has 30 heavy (non-hydrogen) atoms. The van der Waals surface area contributed by atoms with Gasteiger partial charge in [-0.3, -0.25) is 19.3 Å². The van der Waals surface area contributed by atoms with Crippen molar-refractivity contribution in [3.8, 4) is 0 Å². The van der Waals surface area contributed by atoms with Crippen molar-refractivity contribution in [1.29, 1.82) is 0 Å². The summed E-state index contributed by atoms with van der Waals surface area (Å²) >= 11 is 5.55. The Morgan fingerprint density at radius 3 is 1.93 bits per heavy atom. The minimum atomic E-state index is -4.64. The van der Waals surface area contributed by atoms with Crippen molar-refractivity contribution in [2.75, 3.05) is 30.8 Å². The van der Waals surface area contributed by atoms with Crippen molar-refractivity contribution >= 4 is 40.6 Å². The van der Waals surface area contributed by atoms with Gasteiger partial charge in [-0.05, 0) is 56.4 Å². The zero-order valence-corrected chi connectivity index (χ0v) is 16.9. The van der Waals surface area contributed by atoms with Crippen molar-refractivity contribution in [1.82, 2.24) is 4.90 Å². The van der Waals surface area contributed by atoms with Gasteiger partial charge >= 0.3 is 6.18 Å². The summed E-state index contributed by atoms with van der Waals surface area (Å²) in [5, 5.41) is 4.51. The van der Waals surface area contributed by atoms with Gasteiger partial charge in [0.15, 0.2) is 5.78 Å². The van der Waals surface area contributed by atoms with Crippen LogP contribution in [0.3, 0.4) is 0 Å². The zero-order chi connectivity index (χ0) is 22.5. The molecule has 0 saturated carbocycles. The van der Waals surface area contributed by atoms with E-state index >= 15 is 0 Å². The summed E-state index contributed by atoms with van der Waals surface area (Å²) in [6, 6.07) is 9.38. The van der Waals surface area contributed by atoms with Crippen LogP contribution in [0.25, 0.3) is 0 Å². The van der Waals surface area contributed by atoms with Gasteiger partial charge in [-0.25, -0.2) is 0 Å². The smallest absolute Gasteiger partial charge is 0.325 e. The number of hydrogen-bond donors (Lipinski definition) is 2. The standard InChI is InChI=1S/C20H19ClF3N3O3/c1-12(28)13-3-5-14(6-4-13)25-18(29)10-27(2)11-19(30)26-15-7-8-17(21)16(9-15)20(22,23)24/h3-9H,10-11H2,1-2H3,(H,25,29)(H,26,30). The van der Waals surface area contributed by atoms with Crippen LogP contribution in [-0.2, 0) is 15.8 Å². The van der Waals surface area contributed by atoms with Gasteiger partial charge in [0, 0.05) is 16.9 Å². The number of nitrogens with zero attached hydrogens (tertiary/aromatic N) is 1. The van der Waals surface area contributed by atoms with E-state index in [1.54, 1.807) is 24.3 Å². The highest BCUT2D eigenvalue weighted by molar-refractivity contribution is 6.31. The van der Waals surface area contributed by atoms with Gasteiger partial charge in [0.25, 0.3) is 0 Å². The molecule has 2 N–H and O–H groups in total. The van der Waals surface area contributed by atoms with Gasteiger partial charge < -0.3 is 10.6 Å². The number of carbonyl (C=O) groups is 3. The Morgan fingerprint density at radius 2 is 1.43 bits per heavy atom. The number of anilines is 2. The number of amides is 2. The molecular formula is C20H19ClF3N3O3. The molecule has 0 aliphatic heterocycles. The number of Topliss-reactive ketones (excluding diaryl/α,β-unsaturated/α-hetero) is 1. The highest BCUT2D eigenvalue weighted by atomic mass is 35.5. The van der Waals surface area contributed by atoms with E-state index in [0.717, 1.165) is 12.1 Å². The van der Waals surface area contributed by atoms with Gasteiger partial charge in [0.1, 0.15) is 0 Å². The molecule has 2 aromatic carbocycles. The Hall–Kier alpha value is -2.91. The normalized spacial score (nSPS) is 11.3. The number of alkyl halides is 3. The van der Waals surface area contributed by atoms with Crippen LogP contribution in [0.5, 0.6) is 0 Å². The quantitative estimate of drug-likeness (QED) is 0.635. The van der Waals surface area contributed by atoms with Gasteiger partial charge in [0.05, 0.1) is 23.7 Å². The predicted octanol–water partition coefficient (Wildman–Crippen LogP) is 4.07. The molecular weight excluding hydrogens is 423 g/mol. The SMILES string of the molecule is CC(=O)c1ccc(NC(=O)CN(C)CC(=O)Nc2ccc(Cl)c(C(F)(F)F)c2)cc1. The number of hydrogen-bond acceptors (Lipinski definition) is 4. The zero-order valence-electron chi connectivity index (χ0n) is 16.1. The number of ketones is 1. The van der Waals surface area contributed by atoms with Crippen LogP contribution in [0.15, 0.2) is 42.5 Å². The van der Waals surface area contributed by atoms with Crippen molar-refractivity contribution in [3.63, 3.8) is 0 Å². The predicted molar refractivity (Wildman–Crippen MR) is 108 cm³/mol. The average molecular weight is 442 g/mol. The van der Waals surface area contributed by atoms with Crippen molar-refractivity contribution in [2.45, 2.75) is 13.1 Å². The third-order valence-corrected chi connectivity index (χ3v) is 4.29. The second-order valence-corrected chi connectivity index (χ2v) is 7.00. The lowest BCUT2D eigenvalue weighted by Gasteiger charge is -2.17. The molecule has 0 saturated heterocycles. The maximum Gasteiger partial charge on any atom is 0.417 e. The molecule has 6 nitrogen and oxygen atoms in total. The van der Waals surface area contributed by atoms with Crippen LogP contribution in [0.1, 0.15) is 22.8 Å². The lowest BCUT2D eigenvalue weighted by atomic mass is 10.1. The Morgan fingerprint density at radius 1 is 0.933 bits per heavy atom. The maximum absolute atomic E-state index is 12.9. The van der Waals surface area contributed by atoms with E-state index in [-0.39, 0.29) is 24.6 Å². The summed E-state index contributed by atoms with van der Waals surface area (Å²) in [7, 11) is 1.51. The van der Waals surface area contributed by atoms with E-state index in [1.807, 2.05) is 0 Å². The number of nitrogens with one attached hydrogen (secondary N) is 2. The monoisotopic (exact) mass is 441 g/mol. The molecule has 0 aliphatic carbocycles. The van der Waals surface area contributed by atoms with E-state index in [0.29, 0.717) is 11.3 Å². The van der Waals surface area contributed by atoms with E-state index in [2.05, 4.69) is 10.6 Å². The second-order valence-electron chi connectivity index (χ2n) is 6.59. The van der Waals surface area contributed by atoms with Crippen molar-refractivity contribution in [3.05, 3.63) is 58.6 Å². The van der Waals surface area contributed by atoms with Crippen molar-refractivity contribution < 1.29 is 27.6 Å². The first-order valence-electron chi connectivity index (χ1n) is 8.71. The molecule has 0 radical (unpaired) electrons. The lowest BCUT2D eigenvalue weighted by Crippen LogP contribution is -2.36. The Labute approximate surface area is 176 Å². The topological polar surface area (TPSA) is 78.5 Å². The highest BCUT2D eigenvalue weighted by Crippen LogP contribution is 2.36. The fraction of sp³-hybridized carbons (Fsp3) is 0.250. The maximum atomic E-state index is 12.9. The first-order chi connectivity index (χ1) is 14.0. The van der Waals surface area contributed by atoms with E-state index in [9.17, 15) is 27.6 Å². The molecule has 0 atom stereocenters. The van der Waals surface area contributed by atoms with Gasteiger partial charge in [-0.1, -0.05) is 11.6 Å². The van der Waals surface area contributed by atoms with Crippen LogP contribution in [0.2, 0.25) is 5.02 Å². The first-order valence-corrected chi connectivity index (χ1v) is 9.09. The second kappa shape index (κ2) is 9.73. The summed E-state index contributed by atoms with van der Waals surface area (Å²) in [5.41, 5.74) is -0.105. The fourth-order valence-electron chi connectivity index (χ4n) is 2.56. The summed E-state index contributed by atoms with van der Waals surface area (Å²) in [4.78, 5) is 36.8. The largest absolute Gasteiger partial charge is 0.417 e. The Kier molecular flexibility index (Phi) is 7.58. The number of benzene rings is 2. The summed E-state index contributed by atoms with van der Waals surface area (Å²) < 4.78 is 38.7. The van der Waals surface area contributed by atoms with Gasteiger partial charge in [-0.2, -0.15) is 13.2 Å². The van der Waals surface area contributed by atoms with E-state index < -0.39 is 28.6 Å². The van der Waals surface area contributed by atoms with Crippen LogP contribution in [0.4, 0.5) is 24.5 Å². The number of likely N-dealkylation sites (N-methyl/N-ethyl adjacent to an activating group) is 1. The molecule has 0 aliphatic rings. The molecule has 10 heteroatoms. The first kappa shape index (κ1) is 23.4. The van der Waals surface area contributed by atoms with Crippen LogP contribution in [0, 0.1) is 0 Å². The van der Waals surface area contributed by atoms with Crippen LogP contribution < -0.4 is 10.6 Å². The lowest BCUT2D eigenvalue weighted by molar-refractivity contribution is -0.137. The van der Waals surface area contributed by atoms with Crippen LogP contribution >= 0.6 is 11.6 Å². The van der Waals surface area contributed by atoms with E-state index in [1.165, 1.54) is 24.9 Å².